The van der Waals surface area contributed by atoms with Crippen LogP contribution >= 0.6 is 11.6 Å². The topological polar surface area (TPSA) is 53.1 Å². The summed E-state index contributed by atoms with van der Waals surface area (Å²) < 4.78 is 0. The second-order valence-corrected chi connectivity index (χ2v) is 8.49. The molecule has 1 aliphatic rings. The van der Waals surface area contributed by atoms with E-state index in [1.165, 1.54) is 5.56 Å². The minimum absolute atomic E-state index is 0.692. The van der Waals surface area contributed by atoms with Crippen molar-refractivity contribution in [2.45, 2.75) is 13.5 Å². The van der Waals surface area contributed by atoms with Crippen LogP contribution in [0.5, 0.6) is 0 Å². The van der Waals surface area contributed by atoms with Crippen LogP contribution in [0, 0.1) is 6.92 Å². The van der Waals surface area contributed by atoms with Gasteiger partial charge in [0, 0.05) is 61.3 Å². The molecule has 2 aromatic carbocycles. The van der Waals surface area contributed by atoms with Gasteiger partial charge in [-0.1, -0.05) is 41.9 Å². The van der Waals surface area contributed by atoms with Gasteiger partial charge in [-0.25, -0.2) is 4.98 Å². The maximum atomic E-state index is 6.58. The molecule has 32 heavy (non-hydrogen) atoms. The van der Waals surface area contributed by atoms with Gasteiger partial charge in [-0.3, -0.25) is 4.98 Å². The smallest absolute Gasteiger partial charge is 0.128 e. The highest BCUT2D eigenvalue weighted by molar-refractivity contribution is 6.33. The molecule has 0 unspecified atom stereocenters. The molecule has 5 rings (SSSR count). The fraction of sp³-hybridized carbons (Fsp3) is 0.231. The van der Waals surface area contributed by atoms with Crippen LogP contribution in [0.25, 0.3) is 22.0 Å². The van der Waals surface area contributed by atoms with E-state index in [4.69, 9.17) is 16.6 Å². The lowest BCUT2D eigenvalue weighted by Gasteiger charge is -2.28. The van der Waals surface area contributed by atoms with Crippen LogP contribution in [-0.2, 0) is 6.54 Å². The Labute approximate surface area is 193 Å². The van der Waals surface area contributed by atoms with Gasteiger partial charge in [0.05, 0.1) is 10.7 Å². The predicted molar refractivity (Wildman–Crippen MR) is 134 cm³/mol. The lowest BCUT2D eigenvalue weighted by molar-refractivity contribution is 0.584. The summed E-state index contributed by atoms with van der Waals surface area (Å²) in [5.74, 6) is 1.06. The highest BCUT2D eigenvalue weighted by atomic mass is 35.5. The minimum Gasteiger partial charge on any atom is -0.381 e. The van der Waals surface area contributed by atoms with Gasteiger partial charge in [0.25, 0.3) is 0 Å². The van der Waals surface area contributed by atoms with Crippen molar-refractivity contribution in [2.24, 2.45) is 0 Å². The van der Waals surface area contributed by atoms with Gasteiger partial charge in [-0.15, -0.1) is 0 Å². The lowest BCUT2D eigenvalue weighted by Crippen LogP contribution is -2.43. The molecular formula is C26H26ClN5. The average Bonchev–Trinajstić information content (AvgIpc) is 2.84. The number of rotatable bonds is 5. The van der Waals surface area contributed by atoms with E-state index >= 15 is 0 Å². The SMILES string of the molecule is Cc1nc(N2CCNCC2)ccc1CNc1ccc(Cl)c(-c2nccc3ccccc23)c1. The number of aromatic nitrogens is 2. The molecule has 1 saturated heterocycles. The first-order chi connectivity index (χ1) is 15.7. The molecule has 0 amide bonds. The number of halogens is 1. The maximum Gasteiger partial charge on any atom is 0.128 e. The molecule has 6 heteroatoms. The Hall–Kier alpha value is -3.15. The quantitative estimate of drug-likeness (QED) is 0.439. The van der Waals surface area contributed by atoms with E-state index in [1.807, 2.05) is 36.5 Å². The molecule has 0 spiro atoms. The van der Waals surface area contributed by atoms with Crippen LogP contribution in [0.2, 0.25) is 5.02 Å². The summed E-state index contributed by atoms with van der Waals surface area (Å²) in [4.78, 5) is 11.8. The van der Waals surface area contributed by atoms with Crippen molar-refractivity contribution in [3.8, 4) is 11.3 Å². The summed E-state index contributed by atoms with van der Waals surface area (Å²) in [5, 5.41) is 9.86. The van der Waals surface area contributed by atoms with Gasteiger partial charge in [-0.2, -0.15) is 0 Å². The molecule has 1 aliphatic heterocycles. The second-order valence-electron chi connectivity index (χ2n) is 8.08. The number of nitrogens with one attached hydrogen (secondary N) is 2. The van der Waals surface area contributed by atoms with Crippen molar-refractivity contribution in [3.63, 3.8) is 0 Å². The summed E-state index contributed by atoms with van der Waals surface area (Å²) in [6, 6.07) is 20.6. The molecular weight excluding hydrogens is 418 g/mol. The van der Waals surface area contributed by atoms with Crippen molar-refractivity contribution in [2.75, 3.05) is 36.4 Å². The van der Waals surface area contributed by atoms with Gasteiger partial charge >= 0.3 is 0 Å². The first kappa shape index (κ1) is 20.7. The molecule has 5 nitrogen and oxygen atoms in total. The zero-order valence-electron chi connectivity index (χ0n) is 18.1. The number of nitrogens with zero attached hydrogens (tertiary/aromatic N) is 3. The van der Waals surface area contributed by atoms with E-state index in [1.54, 1.807) is 0 Å². The van der Waals surface area contributed by atoms with Gasteiger partial charge in [0.15, 0.2) is 0 Å². The average molecular weight is 444 g/mol. The Morgan fingerprint density at radius 1 is 1.03 bits per heavy atom. The van der Waals surface area contributed by atoms with Gasteiger partial charge in [-0.05, 0) is 48.2 Å². The summed E-state index contributed by atoms with van der Waals surface area (Å²) >= 11 is 6.58. The number of aryl methyl sites for hydroxylation is 1. The molecule has 1 fully saturated rings. The Bertz CT molecular complexity index is 1240. The van der Waals surface area contributed by atoms with E-state index < -0.39 is 0 Å². The van der Waals surface area contributed by atoms with Crippen molar-refractivity contribution in [1.29, 1.82) is 0 Å². The van der Waals surface area contributed by atoms with Gasteiger partial charge in [0.1, 0.15) is 5.82 Å². The zero-order chi connectivity index (χ0) is 21.9. The molecule has 0 bridgehead atoms. The van der Waals surface area contributed by atoms with Gasteiger partial charge < -0.3 is 15.5 Å². The number of anilines is 2. The number of hydrogen-bond donors (Lipinski definition) is 2. The first-order valence-corrected chi connectivity index (χ1v) is 11.4. The highest BCUT2D eigenvalue weighted by Crippen LogP contribution is 2.34. The number of benzene rings is 2. The predicted octanol–water partition coefficient (Wildman–Crippen LogP) is 5.28. The van der Waals surface area contributed by atoms with Crippen molar-refractivity contribution >= 4 is 33.9 Å². The molecule has 162 valence electrons. The number of piperazine rings is 1. The van der Waals surface area contributed by atoms with E-state index in [2.05, 4.69) is 57.8 Å². The Kier molecular flexibility index (Phi) is 5.93. The third-order valence-corrected chi connectivity index (χ3v) is 6.33. The van der Waals surface area contributed by atoms with Crippen molar-refractivity contribution < 1.29 is 0 Å². The number of hydrogen-bond acceptors (Lipinski definition) is 5. The van der Waals surface area contributed by atoms with Crippen LogP contribution in [-0.4, -0.2) is 36.1 Å². The van der Waals surface area contributed by atoms with Crippen LogP contribution in [0.3, 0.4) is 0 Å². The number of fused-ring (bicyclic) bond motifs is 1. The molecule has 0 radical (unpaired) electrons. The highest BCUT2D eigenvalue weighted by Gasteiger charge is 2.13. The van der Waals surface area contributed by atoms with E-state index in [0.29, 0.717) is 11.6 Å². The fourth-order valence-corrected chi connectivity index (χ4v) is 4.39. The van der Waals surface area contributed by atoms with Crippen LogP contribution in [0.4, 0.5) is 11.5 Å². The van der Waals surface area contributed by atoms with E-state index in [-0.39, 0.29) is 0 Å². The van der Waals surface area contributed by atoms with Crippen molar-refractivity contribution in [1.82, 2.24) is 15.3 Å². The fourth-order valence-electron chi connectivity index (χ4n) is 4.18. The summed E-state index contributed by atoms with van der Waals surface area (Å²) in [5.41, 5.74) is 5.07. The van der Waals surface area contributed by atoms with Crippen LogP contribution < -0.4 is 15.5 Å². The lowest BCUT2D eigenvalue weighted by atomic mass is 10.0. The Morgan fingerprint density at radius 2 is 1.88 bits per heavy atom. The van der Waals surface area contributed by atoms with Gasteiger partial charge in [0.2, 0.25) is 0 Å². The minimum atomic E-state index is 0.692. The largest absolute Gasteiger partial charge is 0.381 e. The molecule has 2 aromatic heterocycles. The number of pyridine rings is 2. The standard InChI is InChI=1S/C26H26ClN5/c1-18-20(6-9-25(31-18)32-14-12-28-13-15-32)17-30-21-7-8-24(27)23(16-21)26-22-5-3-2-4-19(22)10-11-29-26/h2-11,16,28,30H,12-15,17H2,1H3. The molecule has 4 aromatic rings. The third-order valence-electron chi connectivity index (χ3n) is 6.00. The Morgan fingerprint density at radius 3 is 2.72 bits per heavy atom. The maximum absolute atomic E-state index is 6.58. The van der Waals surface area contributed by atoms with Crippen LogP contribution in [0.15, 0.2) is 66.9 Å². The molecule has 0 saturated carbocycles. The zero-order valence-corrected chi connectivity index (χ0v) is 18.9. The van der Waals surface area contributed by atoms with E-state index in [0.717, 1.165) is 65.4 Å². The Balaban J connectivity index is 1.37. The molecule has 0 atom stereocenters. The first-order valence-electron chi connectivity index (χ1n) is 11.0. The summed E-state index contributed by atoms with van der Waals surface area (Å²) in [6.07, 6.45) is 1.84. The summed E-state index contributed by atoms with van der Waals surface area (Å²) in [7, 11) is 0. The van der Waals surface area contributed by atoms with Crippen LogP contribution in [0.1, 0.15) is 11.3 Å². The van der Waals surface area contributed by atoms with Crippen molar-refractivity contribution in [3.05, 3.63) is 83.1 Å². The molecule has 0 aliphatic carbocycles. The molecule has 3 heterocycles. The third kappa shape index (κ3) is 4.27. The normalized spacial score (nSPS) is 14.0. The molecule has 2 N–H and O–H groups in total. The summed E-state index contributed by atoms with van der Waals surface area (Å²) in [6.45, 7) is 6.79. The van der Waals surface area contributed by atoms with E-state index in [9.17, 15) is 0 Å². The second kappa shape index (κ2) is 9.15. The monoisotopic (exact) mass is 443 g/mol.